The fraction of sp³-hybridized carbons (Fsp3) is 0.412. The second-order valence-electron chi connectivity index (χ2n) is 5.88. The van der Waals surface area contributed by atoms with Crippen LogP contribution in [0.4, 0.5) is 10.2 Å². The highest BCUT2D eigenvalue weighted by Gasteiger charge is 2.20. The van der Waals surface area contributed by atoms with Crippen LogP contribution in [0.2, 0.25) is 0 Å². The number of nitrogens with one attached hydrogen (secondary N) is 1. The van der Waals surface area contributed by atoms with Crippen LogP contribution in [0.3, 0.4) is 0 Å². The zero-order valence-electron chi connectivity index (χ0n) is 13.2. The Morgan fingerprint density at radius 1 is 1.38 bits per heavy atom. The molecule has 1 amide bonds. The number of thioether (sulfide) groups is 1. The van der Waals surface area contributed by atoms with Gasteiger partial charge in [-0.3, -0.25) is 4.79 Å². The summed E-state index contributed by atoms with van der Waals surface area (Å²) in [5.41, 5.74) is 0.604. The van der Waals surface area contributed by atoms with Gasteiger partial charge >= 0.3 is 0 Å². The molecule has 0 aliphatic heterocycles. The molecule has 3 rings (SSSR count). The molecule has 0 atom stereocenters. The van der Waals surface area contributed by atoms with Gasteiger partial charge in [0.2, 0.25) is 5.91 Å². The molecule has 0 radical (unpaired) electrons. The largest absolute Gasteiger partial charge is 0.310 e. The third kappa shape index (κ3) is 4.39. The maximum Gasteiger partial charge on any atom is 0.235 e. The van der Waals surface area contributed by atoms with Gasteiger partial charge in [-0.1, -0.05) is 34.8 Å². The van der Waals surface area contributed by atoms with Crippen molar-refractivity contribution in [3.8, 4) is 0 Å². The molecule has 1 aliphatic carbocycles. The number of anilines is 1. The van der Waals surface area contributed by atoms with Gasteiger partial charge < -0.3 is 5.32 Å². The number of nitrogens with zero attached hydrogens (tertiary/aromatic N) is 2. The number of amides is 1. The first-order valence-electron chi connectivity index (χ1n) is 7.98. The van der Waals surface area contributed by atoms with Crippen molar-refractivity contribution in [3.63, 3.8) is 0 Å². The maximum absolute atomic E-state index is 13.8. The van der Waals surface area contributed by atoms with Crippen LogP contribution in [0.15, 0.2) is 34.9 Å². The van der Waals surface area contributed by atoms with E-state index in [0.29, 0.717) is 21.8 Å². The smallest absolute Gasteiger partial charge is 0.235 e. The normalized spacial score (nSPS) is 14.9. The van der Waals surface area contributed by atoms with Crippen molar-refractivity contribution in [1.29, 1.82) is 0 Å². The minimum absolute atomic E-state index is 0.0859. The molecule has 7 heteroatoms. The molecule has 128 valence electrons. The third-order valence-corrected chi connectivity index (χ3v) is 5.59. The standard InChI is InChI=1S/C17H19BrFN3OS/c18-13-6-5-12(15(19)9-13)10-24-11-17(23)21-16-7-8-20-22(16)14-3-1-2-4-14/h5-9,14H,1-4,10-11H2,(H,21,23). The van der Waals surface area contributed by atoms with E-state index in [-0.39, 0.29) is 17.5 Å². The summed E-state index contributed by atoms with van der Waals surface area (Å²) in [5, 5.41) is 7.26. The summed E-state index contributed by atoms with van der Waals surface area (Å²) < 4.78 is 16.4. The Morgan fingerprint density at radius 3 is 2.92 bits per heavy atom. The van der Waals surface area contributed by atoms with Crippen LogP contribution in [0.1, 0.15) is 37.3 Å². The van der Waals surface area contributed by atoms with E-state index in [0.717, 1.165) is 18.7 Å². The molecule has 1 aromatic carbocycles. The fourth-order valence-corrected chi connectivity index (χ4v) is 4.07. The Hall–Kier alpha value is -1.34. The lowest BCUT2D eigenvalue weighted by Crippen LogP contribution is -2.19. The average Bonchev–Trinajstić information content (AvgIpc) is 3.20. The molecular formula is C17H19BrFN3OS. The van der Waals surface area contributed by atoms with E-state index in [1.165, 1.54) is 30.7 Å². The zero-order chi connectivity index (χ0) is 16.9. The average molecular weight is 412 g/mol. The quantitative estimate of drug-likeness (QED) is 0.744. The molecule has 24 heavy (non-hydrogen) atoms. The molecule has 0 saturated heterocycles. The Balaban J connectivity index is 1.50. The first-order valence-corrected chi connectivity index (χ1v) is 9.93. The van der Waals surface area contributed by atoms with Crippen molar-refractivity contribution in [2.75, 3.05) is 11.1 Å². The lowest BCUT2D eigenvalue weighted by Gasteiger charge is -2.14. The van der Waals surface area contributed by atoms with Crippen LogP contribution in [0.25, 0.3) is 0 Å². The Kier molecular flexibility index (Phi) is 5.94. The Bertz CT molecular complexity index is 716. The Labute approximate surface area is 153 Å². The molecule has 0 unspecified atom stereocenters. The van der Waals surface area contributed by atoms with Gasteiger partial charge in [0, 0.05) is 16.3 Å². The summed E-state index contributed by atoms with van der Waals surface area (Å²) >= 11 is 4.63. The predicted octanol–water partition coefficient (Wildman–Crippen LogP) is 4.77. The molecule has 1 aliphatic rings. The first-order chi connectivity index (χ1) is 11.6. The van der Waals surface area contributed by atoms with Gasteiger partial charge in [0.05, 0.1) is 18.0 Å². The van der Waals surface area contributed by atoms with Crippen LogP contribution in [-0.4, -0.2) is 21.4 Å². The summed E-state index contributed by atoms with van der Waals surface area (Å²) in [6, 6.07) is 7.20. The molecule has 4 nitrogen and oxygen atoms in total. The van der Waals surface area contributed by atoms with Crippen molar-refractivity contribution in [3.05, 3.63) is 46.3 Å². The van der Waals surface area contributed by atoms with Gasteiger partial charge in [0.25, 0.3) is 0 Å². The molecule has 1 aromatic heterocycles. The number of halogens is 2. The summed E-state index contributed by atoms with van der Waals surface area (Å²) in [6.45, 7) is 0. The highest BCUT2D eigenvalue weighted by molar-refractivity contribution is 9.10. The van der Waals surface area contributed by atoms with Crippen LogP contribution < -0.4 is 5.32 Å². The van der Waals surface area contributed by atoms with E-state index >= 15 is 0 Å². The van der Waals surface area contributed by atoms with Crippen LogP contribution in [0, 0.1) is 5.82 Å². The van der Waals surface area contributed by atoms with Crippen molar-refractivity contribution >= 4 is 39.4 Å². The number of hydrogen-bond acceptors (Lipinski definition) is 3. The van der Waals surface area contributed by atoms with Crippen LogP contribution in [-0.2, 0) is 10.5 Å². The van der Waals surface area contributed by atoms with Gasteiger partial charge in [-0.25, -0.2) is 9.07 Å². The maximum atomic E-state index is 13.8. The Morgan fingerprint density at radius 2 is 2.17 bits per heavy atom. The summed E-state index contributed by atoms with van der Waals surface area (Å²) in [7, 11) is 0. The van der Waals surface area contributed by atoms with Gasteiger partial charge in [0.15, 0.2) is 0 Å². The molecule has 1 heterocycles. The molecule has 2 aromatic rings. The number of aromatic nitrogens is 2. The van der Waals surface area contributed by atoms with Crippen LogP contribution >= 0.6 is 27.7 Å². The van der Waals surface area contributed by atoms with E-state index in [9.17, 15) is 9.18 Å². The second kappa shape index (κ2) is 8.16. The molecule has 0 spiro atoms. The predicted molar refractivity (Wildman–Crippen MR) is 98.6 cm³/mol. The molecular weight excluding hydrogens is 393 g/mol. The van der Waals surface area contributed by atoms with Gasteiger partial charge in [0.1, 0.15) is 11.6 Å². The zero-order valence-corrected chi connectivity index (χ0v) is 15.6. The minimum atomic E-state index is -0.253. The van der Waals surface area contributed by atoms with Crippen molar-refractivity contribution in [2.24, 2.45) is 0 Å². The highest BCUT2D eigenvalue weighted by atomic mass is 79.9. The highest BCUT2D eigenvalue weighted by Crippen LogP contribution is 2.31. The fourth-order valence-electron chi connectivity index (χ4n) is 2.92. The second-order valence-corrected chi connectivity index (χ2v) is 7.78. The number of hydrogen-bond donors (Lipinski definition) is 1. The lowest BCUT2D eigenvalue weighted by atomic mass is 10.2. The number of carbonyl (C=O) groups excluding carboxylic acids is 1. The van der Waals surface area contributed by atoms with E-state index < -0.39 is 0 Å². The monoisotopic (exact) mass is 411 g/mol. The molecule has 1 N–H and O–H groups in total. The van der Waals surface area contributed by atoms with E-state index in [4.69, 9.17) is 0 Å². The SMILES string of the molecule is O=C(CSCc1ccc(Br)cc1F)Nc1ccnn1C1CCCC1. The molecule has 1 fully saturated rings. The van der Waals surface area contributed by atoms with Crippen molar-refractivity contribution < 1.29 is 9.18 Å². The summed E-state index contributed by atoms with van der Waals surface area (Å²) in [4.78, 5) is 12.1. The minimum Gasteiger partial charge on any atom is -0.310 e. The van der Waals surface area contributed by atoms with E-state index in [1.54, 1.807) is 18.3 Å². The summed E-state index contributed by atoms with van der Waals surface area (Å²) in [6.07, 6.45) is 6.38. The van der Waals surface area contributed by atoms with E-state index in [2.05, 4.69) is 26.3 Å². The van der Waals surface area contributed by atoms with E-state index in [1.807, 2.05) is 10.7 Å². The van der Waals surface area contributed by atoms with Crippen molar-refractivity contribution in [2.45, 2.75) is 37.5 Å². The topological polar surface area (TPSA) is 46.9 Å². The molecule has 0 bridgehead atoms. The number of benzene rings is 1. The van der Waals surface area contributed by atoms with Gasteiger partial charge in [-0.05, 0) is 30.5 Å². The third-order valence-electron chi connectivity index (χ3n) is 4.11. The summed E-state index contributed by atoms with van der Waals surface area (Å²) in [5.74, 6) is 1.16. The first kappa shape index (κ1) is 17.5. The van der Waals surface area contributed by atoms with Gasteiger partial charge in [-0.15, -0.1) is 11.8 Å². The molecule has 1 saturated carbocycles. The van der Waals surface area contributed by atoms with Crippen LogP contribution in [0.5, 0.6) is 0 Å². The lowest BCUT2D eigenvalue weighted by molar-refractivity contribution is -0.113. The van der Waals surface area contributed by atoms with Gasteiger partial charge in [-0.2, -0.15) is 5.10 Å². The number of carbonyl (C=O) groups is 1. The van der Waals surface area contributed by atoms with Crippen molar-refractivity contribution in [1.82, 2.24) is 9.78 Å². The number of rotatable bonds is 6.